The van der Waals surface area contributed by atoms with Gasteiger partial charge < -0.3 is 10.0 Å². The normalized spacial score (nSPS) is 19.2. The first kappa shape index (κ1) is 21.0. The number of halogens is 1. The van der Waals surface area contributed by atoms with Gasteiger partial charge in [0, 0.05) is 31.4 Å². The molecule has 5 rings (SSSR count). The first-order valence-corrected chi connectivity index (χ1v) is 11.5. The molecule has 2 saturated heterocycles. The molecule has 2 fully saturated rings. The molecule has 0 amide bonds. The number of hydrogen-bond donors (Lipinski definition) is 1. The maximum absolute atomic E-state index is 13.4. The van der Waals surface area contributed by atoms with E-state index in [-0.39, 0.29) is 18.5 Å². The number of rotatable bonds is 7. The topological polar surface area (TPSA) is 70.3 Å². The zero-order chi connectivity index (χ0) is 21.9. The summed E-state index contributed by atoms with van der Waals surface area (Å²) in [6.45, 7) is 4.18. The molecule has 0 radical (unpaired) electrons. The van der Waals surface area contributed by atoms with Crippen LogP contribution in [0, 0.1) is 5.82 Å². The Morgan fingerprint density at radius 2 is 1.84 bits per heavy atom. The molecule has 0 bridgehead atoms. The van der Waals surface area contributed by atoms with Gasteiger partial charge in [0.1, 0.15) is 5.82 Å². The molecular weight excluding hydrogens is 407 g/mol. The molecule has 1 atom stereocenters. The van der Waals surface area contributed by atoms with E-state index in [1.165, 1.54) is 25.0 Å². The highest BCUT2D eigenvalue weighted by Gasteiger charge is 2.32. The molecule has 2 aliphatic rings. The first-order chi connectivity index (χ1) is 15.7. The largest absolute Gasteiger partial charge is 0.394 e. The summed E-state index contributed by atoms with van der Waals surface area (Å²) in [5.41, 5.74) is 4.04. The molecular formula is C24H29FN6O. The van der Waals surface area contributed by atoms with Crippen molar-refractivity contribution in [2.75, 3.05) is 31.1 Å². The molecule has 168 valence electrons. The number of anilines is 1. The second-order valence-corrected chi connectivity index (χ2v) is 8.58. The molecule has 1 N–H and O–H groups in total. The Bertz CT molecular complexity index is 1050. The molecule has 8 heteroatoms. The standard InChI is InChI=1S/C24H29FN6O/c25-19-7-5-18(6-8-19)17-30-13-3-4-22(30)23-20(16-27-31(23)14-15-32)21-9-10-26-24(28-21)29-11-1-2-12-29/h5-10,16,22,32H,1-4,11-15,17H2. The van der Waals surface area contributed by atoms with E-state index in [1.807, 2.05) is 35.3 Å². The van der Waals surface area contributed by atoms with Crippen LogP contribution in [0.1, 0.15) is 43.0 Å². The molecule has 4 heterocycles. The highest BCUT2D eigenvalue weighted by molar-refractivity contribution is 5.63. The summed E-state index contributed by atoms with van der Waals surface area (Å²) in [4.78, 5) is 14.0. The third-order valence-electron chi connectivity index (χ3n) is 6.48. The fourth-order valence-corrected chi connectivity index (χ4v) is 4.93. The van der Waals surface area contributed by atoms with Crippen molar-refractivity contribution in [1.82, 2.24) is 24.6 Å². The summed E-state index contributed by atoms with van der Waals surface area (Å²) in [6.07, 6.45) is 8.14. The van der Waals surface area contributed by atoms with Gasteiger partial charge in [-0.3, -0.25) is 9.58 Å². The number of aliphatic hydroxyl groups excluding tert-OH is 1. The summed E-state index contributed by atoms with van der Waals surface area (Å²) in [6, 6.07) is 8.84. The summed E-state index contributed by atoms with van der Waals surface area (Å²) >= 11 is 0. The van der Waals surface area contributed by atoms with E-state index in [0.717, 1.165) is 67.5 Å². The Hall–Kier alpha value is -2.84. The second-order valence-electron chi connectivity index (χ2n) is 8.58. The van der Waals surface area contributed by atoms with Crippen molar-refractivity contribution in [3.8, 4) is 11.3 Å². The van der Waals surface area contributed by atoms with E-state index in [4.69, 9.17) is 4.98 Å². The highest BCUT2D eigenvalue weighted by atomic mass is 19.1. The third-order valence-corrected chi connectivity index (χ3v) is 6.48. The molecule has 7 nitrogen and oxygen atoms in total. The van der Waals surface area contributed by atoms with Crippen molar-refractivity contribution in [3.05, 3.63) is 59.8 Å². The first-order valence-electron chi connectivity index (χ1n) is 11.5. The van der Waals surface area contributed by atoms with Crippen LogP contribution >= 0.6 is 0 Å². The van der Waals surface area contributed by atoms with Gasteiger partial charge in [-0.15, -0.1) is 0 Å². The number of benzene rings is 1. The van der Waals surface area contributed by atoms with Crippen molar-refractivity contribution >= 4 is 5.95 Å². The maximum atomic E-state index is 13.4. The van der Waals surface area contributed by atoms with E-state index in [9.17, 15) is 9.50 Å². The minimum atomic E-state index is -0.215. The number of nitrogens with zero attached hydrogens (tertiary/aromatic N) is 6. The van der Waals surface area contributed by atoms with Crippen molar-refractivity contribution < 1.29 is 9.50 Å². The molecule has 2 aromatic heterocycles. The molecule has 1 aromatic carbocycles. The van der Waals surface area contributed by atoms with Gasteiger partial charge in [0.05, 0.1) is 36.8 Å². The minimum absolute atomic E-state index is 0.0294. The zero-order valence-corrected chi connectivity index (χ0v) is 18.2. The van der Waals surface area contributed by atoms with E-state index >= 15 is 0 Å². The predicted octanol–water partition coefficient (Wildman–Crippen LogP) is 3.41. The van der Waals surface area contributed by atoms with Crippen LogP contribution < -0.4 is 4.90 Å². The van der Waals surface area contributed by atoms with Gasteiger partial charge in [-0.1, -0.05) is 12.1 Å². The quantitative estimate of drug-likeness (QED) is 0.612. The van der Waals surface area contributed by atoms with Crippen LogP contribution in [-0.4, -0.2) is 56.0 Å². The lowest BCUT2D eigenvalue weighted by atomic mass is 10.0. The van der Waals surface area contributed by atoms with Crippen LogP contribution in [0.25, 0.3) is 11.3 Å². The average molecular weight is 437 g/mol. The SMILES string of the molecule is OCCn1ncc(-c2ccnc(N3CCCC3)n2)c1C1CCCN1Cc1ccc(F)cc1. The minimum Gasteiger partial charge on any atom is -0.394 e. The Kier molecular flexibility index (Phi) is 6.14. The number of likely N-dealkylation sites (tertiary alicyclic amines) is 1. The van der Waals surface area contributed by atoms with Gasteiger partial charge in [0.2, 0.25) is 5.95 Å². The van der Waals surface area contributed by atoms with Gasteiger partial charge in [0.15, 0.2) is 0 Å². The van der Waals surface area contributed by atoms with Crippen LogP contribution in [0.4, 0.5) is 10.3 Å². The summed E-state index contributed by atoms with van der Waals surface area (Å²) in [5, 5.41) is 14.3. The number of aliphatic hydroxyl groups is 1. The Balaban J connectivity index is 1.48. The second kappa shape index (κ2) is 9.34. The van der Waals surface area contributed by atoms with Crippen molar-refractivity contribution in [3.63, 3.8) is 0 Å². The highest BCUT2D eigenvalue weighted by Crippen LogP contribution is 2.38. The van der Waals surface area contributed by atoms with E-state index < -0.39 is 0 Å². The smallest absolute Gasteiger partial charge is 0.225 e. The molecule has 0 spiro atoms. The monoisotopic (exact) mass is 436 g/mol. The summed E-state index contributed by atoms with van der Waals surface area (Å²) < 4.78 is 15.3. The lowest BCUT2D eigenvalue weighted by molar-refractivity contribution is 0.226. The van der Waals surface area contributed by atoms with Crippen LogP contribution in [0.5, 0.6) is 0 Å². The van der Waals surface area contributed by atoms with Gasteiger partial charge in [0.25, 0.3) is 0 Å². The molecule has 1 unspecified atom stereocenters. The maximum Gasteiger partial charge on any atom is 0.225 e. The van der Waals surface area contributed by atoms with Crippen molar-refractivity contribution in [2.45, 2.75) is 44.8 Å². The third kappa shape index (κ3) is 4.25. The van der Waals surface area contributed by atoms with Crippen LogP contribution in [0.15, 0.2) is 42.7 Å². The molecule has 32 heavy (non-hydrogen) atoms. The lowest BCUT2D eigenvalue weighted by Gasteiger charge is -2.26. The fraction of sp³-hybridized carbons (Fsp3) is 0.458. The van der Waals surface area contributed by atoms with E-state index in [2.05, 4.69) is 19.9 Å². The van der Waals surface area contributed by atoms with Crippen LogP contribution in [0.3, 0.4) is 0 Å². The molecule has 0 saturated carbocycles. The number of hydrogen-bond acceptors (Lipinski definition) is 6. The Labute approximate surface area is 187 Å². The summed E-state index contributed by atoms with van der Waals surface area (Å²) in [5.74, 6) is 0.558. The summed E-state index contributed by atoms with van der Waals surface area (Å²) in [7, 11) is 0. The predicted molar refractivity (Wildman–Crippen MR) is 121 cm³/mol. The average Bonchev–Trinajstić information content (AvgIpc) is 3.57. The van der Waals surface area contributed by atoms with Gasteiger partial charge in [-0.25, -0.2) is 14.4 Å². The van der Waals surface area contributed by atoms with Gasteiger partial charge >= 0.3 is 0 Å². The fourth-order valence-electron chi connectivity index (χ4n) is 4.93. The lowest BCUT2D eigenvalue weighted by Crippen LogP contribution is -2.26. The zero-order valence-electron chi connectivity index (χ0n) is 18.2. The van der Waals surface area contributed by atoms with Crippen LogP contribution in [-0.2, 0) is 13.1 Å². The van der Waals surface area contributed by atoms with Crippen molar-refractivity contribution in [2.24, 2.45) is 0 Å². The molecule has 3 aromatic rings. The van der Waals surface area contributed by atoms with E-state index in [1.54, 1.807) is 0 Å². The van der Waals surface area contributed by atoms with Crippen LogP contribution in [0.2, 0.25) is 0 Å². The van der Waals surface area contributed by atoms with Gasteiger partial charge in [-0.2, -0.15) is 5.10 Å². The Morgan fingerprint density at radius 1 is 1.03 bits per heavy atom. The number of aromatic nitrogens is 4. The Morgan fingerprint density at radius 3 is 2.62 bits per heavy atom. The molecule has 0 aliphatic carbocycles. The van der Waals surface area contributed by atoms with Crippen molar-refractivity contribution in [1.29, 1.82) is 0 Å². The van der Waals surface area contributed by atoms with Gasteiger partial charge in [-0.05, 0) is 56.0 Å². The van der Waals surface area contributed by atoms with E-state index in [0.29, 0.717) is 6.54 Å². The molecule has 2 aliphatic heterocycles.